The summed E-state index contributed by atoms with van der Waals surface area (Å²) < 4.78 is 5.28. The van der Waals surface area contributed by atoms with Crippen LogP contribution in [0.4, 0.5) is 0 Å². The Bertz CT molecular complexity index is 1020. The van der Waals surface area contributed by atoms with E-state index in [1.165, 1.54) is 6.08 Å². The summed E-state index contributed by atoms with van der Waals surface area (Å²) in [6.45, 7) is 1.55. The number of benzene rings is 2. The lowest BCUT2D eigenvalue weighted by molar-refractivity contribution is -0.148. The maximum Gasteiger partial charge on any atom is 0.328 e. The maximum absolute atomic E-state index is 12.2. The highest BCUT2D eigenvalue weighted by molar-refractivity contribution is 6.30. The SMILES string of the molecule is C[C@H](NC(=O)/C=C/c1ccccc1)C(=O)OCc1cc2ccccc2nc1Cl. The van der Waals surface area contributed by atoms with E-state index >= 15 is 0 Å². The van der Waals surface area contributed by atoms with Gasteiger partial charge in [0.15, 0.2) is 0 Å². The van der Waals surface area contributed by atoms with Gasteiger partial charge in [-0.05, 0) is 30.7 Å². The molecule has 0 spiro atoms. The molecular weight excluding hydrogens is 376 g/mol. The number of nitrogens with zero attached hydrogens (tertiary/aromatic N) is 1. The Hall–Kier alpha value is -3.18. The topological polar surface area (TPSA) is 68.3 Å². The highest BCUT2D eigenvalue weighted by Gasteiger charge is 2.17. The molecule has 1 aromatic heterocycles. The molecule has 0 aliphatic rings. The van der Waals surface area contributed by atoms with E-state index in [-0.39, 0.29) is 17.7 Å². The molecule has 0 unspecified atom stereocenters. The van der Waals surface area contributed by atoms with Crippen LogP contribution in [0.15, 0.2) is 66.7 Å². The molecule has 0 fully saturated rings. The van der Waals surface area contributed by atoms with Crippen LogP contribution in [0.5, 0.6) is 0 Å². The van der Waals surface area contributed by atoms with Crippen molar-refractivity contribution < 1.29 is 14.3 Å². The summed E-state index contributed by atoms with van der Waals surface area (Å²) in [5.74, 6) is -0.926. The number of carbonyl (C=O) groups excluding carboxylic acids is 2. The van der Waals surface area contributed by atoms with Gasteiger partial charge < -0.3 is 10.1 Å². The van der Waals surface area contributed by atoms with Crippen molar-refractivity contribution in [3.8, 4) is 0 Å². The minimum atomic E-state index is -0.792. The number of hydrogen-bond donors (Lipinski definition) is 1. The number of rotatable bonds is 6. The van der Waals surface area contributed by atoms with E-state index < -0.39 is 12.0 Å². The zero-order valence-electron chi connectivity index (χ0n) is 15.3. The fraction of sp³-hybridized carbons (Fsp3) is 0.136. The lowest BCUT2D eigenvalue weighted by atomic mass is 10.2. The molecule has 3 rings (SSSR count). The van der Waals surface area contributed by atoms with E-state index in [0.29, 0.717) is 5.56 Å². The third-order valence-corrected chi connectivity index (χ3v) is 4.39. The van der Waals surface area contributed by atoms with Crippen LogP contribution in [0.3, 0.4) is 0 Å². The monoisotopic (exact) mass is 394 g/mol. The number of amides is 1. The molecule has 3 aromatic rings. The molecule has 6 heteroatoms. The second-order valence-corrected chi connectivity index (χ2v) is 6.57. The van der Waals surface area contributed by atoms with Gasteiger partial charge in [-0.1, -0.05) is 60.1 Å². The molecule has 0 aliphatic heterocycles. The van der Waals surface area contributed by atoms with Crippen LogP contribution in [0.2, 0.25) is 5.15 Å². The molecule has 142 valence electrons. The van der Waals surface area contributed by atoms with Crippen molar-refractivity contribution in [3.63, 3.8) is 0 Å². The molecule has 28 heavy (non-hydrogen) atoms. The highest BCUT2D eigenvalue weighted by atomic mass is 35.5. The van der Waals surface area contributed by atoms with Crippen molar-refractivity contribution in [3.05, 3.63) is 83.0 Å². The summed E-state index contributed by atoms with van der Waals surface area (Å²) >= 11 is 6.17. The molecule has 2 aromatic carbocycles. The van der Waals surface area contributed by atoms with Crippen LogP contribution >= 0.6 is 11.6 Å². The summed E-state index contributed by atoms with van der Waals surface area (Å²) in [5, 5.41) is 3.78. The second-order valence-electron chi connectivity index (χ2n) is 6.21. The third-order valence-electron chi connectivity index (χ3n) is 4.06. The standard InChI is InChI=1S/C22H19ClN2O3/c1-15(24-20(26)12-11-16-7-3-2-4-8-16)22(27)28-14-18-13-17-9-5-6-10-19(17)25-21(18)23/h2-13,15H,14H2,1H3,(H,24,26)/b12-11+/t15-/m0/s1. The Kier molecular flexibility index (Phi) is 6.40. The van der Waals surface area contributed by atoms with E-state index in [9.17, 15) is 9.59 Å². The Morgan fingerprint density at radius 3 is 2.64 bits per heavy atom. The Balaban J connectivity index is 1.55. The summed E-state index contributed by atoms with van der Waals surface area (Å²) in [6.07, 6.45) is 3.05. The minimum Gasteiger partial charge on any atom is -0.459 e. The number of esters is 1. The lowest BCUT2D eigenvalue weighted by Gasteiger charge is -2.13. The van der Waals surface area contributed by atoms with Gasteiger partial charge in [0, 0.05) is 17.0 Å². The Morgan fingerprint density at radius 1 is 1.14 bits per heavy atom. The number of para-hydroxylation sites is 1. The van der Waals surface area contributed by atoms with E-state index in [0.717, 1.165) is 16.5 Å². The van der Waals surface area contributed by atoms with Crippen molar-refractivity contribution in [1.29, 1.82) is 0 Å². The number of halogens is 1. The number of hydrogen-bond acceptors (Lipinski definition) is 4. The first-order valence-electron chi connectivity index (χ1n) is 8.77. The molecule has 1 heterocycles. The third kappa shape index (κ3) is 5.18. The van der Waals surface area contributed by atoms with Gasteiger partial charge in [0.05, 0.1) is 5.52 Å². The molecule has 0 radical (unpaired) electrons. The highest BCUT2D eigenvalue weighted by Crippen LogP contribution is 2.21. The Labute approximate surface area is 168 Å². The average Bonchev–Trinajstić information content (AvgIpc) is 2.71. The molecule has 1 amide bonds. The van der Waals surface area contributed by atoms with Gasteiger partial charge in [0.2, 0.25) is 5.91 Å². The van der Waals surface area contributed by atoms with Gasteiger partial charge in [-0.3, -0.25) is 4.79 Å². The van der Waals surface area contributed by atoms with Crippen molar-refractivity contribution in [2.75, 3.05) is 0 Å². The summed E-state index contributed by atoms with van der Waals surface area (Å²) in [7, 11) is 0. The van der Waals surface area contributed by atoms with Gasteiger partial charge in [-0.25, -0.2) is 9.78 Å². The van der Waals surface area contributed by atoms with Gasteiger partial charge in [-0.2, -0.15) is 0 Å². The van der Waals surface area contributed by atoms with Gasteiger partial charge in [0.25, 0.3) is 0 Å². The second kappa shape index (κ2) is 9.15. The maximum atomic E-state index is 12.2. The van der Waals surface area contributed by atoms with Crippen LogP contribution in [-0.4, -0.2) is 22.9 Å². The number of fused-ring (bicyclic) bond motifs is 1. The first kappa shape index (κ1) is 19.6. The first-order chi connectivity index (χ1) is 13.5. The van der Waals surface area contributed by atoms with Crippen LogP contribution in [0.1, 0.15) is 18.1 Å². The molecule has 0 saturated carbocycles. The van der Waals surface area contributed by atoms with E-state index in [2.05, 4.69) is 10.3 Å². The van der Waals surface area contributed by atoms with E-state index in [4.69, 9.17) is 16.3 Å². The zero-order valence-corrected chi connectivity index (χ0v) is 16.0. The number of pyridine rings is 1. The molecule has 1 atom stereocenters. The van der Waals surface area contributed by atoms with E-state index in [1.54, 1.807) is 13.0 Å². The smallest absolute Gasteiger partial charge is 0.328 e. The fourth-order valence-electron chi connectivity index (χ4n) is 2.57. The Morgan fingerprint density at radius 2 is 1.86 bits per heavy atom. The molecule has 5 nitrogen and oxygen atoms in total. The lowest BCUT2D eigenvalue weighted by Crippen LogP contribution is -2.38. The van der Waals surface area contributed by atoms with Gasteiger partial charge in [0.1, 0.15) is 17.8 Å². The predicted octanol–water partition coefficient (Wildman–Crippen LogP) is 4.15. The van der Waals surface area contributed by atoms with E-state index in [1.807, 2.05) is 60.7 Å². The molecule has 1 N–H and O–H groups in total. The quantitative estimate of drug-likeness (QED) is 0.387. The van der Waals surface area contributed by atoms with Crippen molar-refractivity contribution in [2.24, 2.45) is 0 Å². The van der Waals surface area contributed by atoms with Crippen LogP contribution in [-0.2, 0) is 20.9 Å². The number of carbonyl (C=O) groups is 2. The van der Waals surface area contributed by atoms with Crippen molar-refractivity contribution in [2.45, 2.75) is 19.6 Å². The molecule has 0 aliphatic carbocycles. The van der Waals surface area contributed by atoms with Crippen LogP contribution in [0, 0.1) is 0 Å². The molecule has 0 bridgehead atoms. The van der Waals surface area contributed by atoms with Crippen molar-refractivity contribution in [1.82, 2.24) is 10.3 Å². The molecular formula is C22H19ClN2O3. The summed E-state index contributed by atoms with van der Waals surface area (Å²) in [6, 6.07) is 18.0. The molecule has 0 saturated heterocycles. The largest absolute Gasteiger partial charge is 0.459 e. The van der Waals surface area contributed by atoms with Gasteiger partial charge in [-0.15, -0.1) is 0 Å². The number of nitrogens with one attached hydrogen (secondary N) is 1. The summed E-state index contributed by atoms with van der Waals surface area (Å²) in [5.41, 5.74) is 2.27. The summed E-state index contributed by atoms with van der Waals surface area (Å²) in [4.78, 5) is 28.4. The minimum absolute atomic E-state index is 0.0183. The normalized spacial score (nSPS) is 12.1. The van der Waals surface area contributed by atoms with Crippen LogP contribution < -0.4 is 5.32 Å². The number of aromatic nitrogens is 1. The van der Waals surface area contributed by atoms with Gasteiger partial charge >= 0.3 is 5.97 Å². The van der Waals surface area contributed by atoms with Crippen LogP contribution in [0.25, 0.3) is 17.0 Å². The number of ether oxygens (including phenoxy) is 1. The first-order valence-corrected chi connectivity index (χ1v) is 9.15. The van der Waals surface area contributed by atoms with Crippen molar-refractivity contribution >= 4 is 40.5 Å². The zero-order chi connectivity index (χ0) is 19.9. The average molecular weight is 395 g/mol. The fourth-order valence-corrected chi connectivity index (χ4v) is 2.77. The predicted molar refractivity (Wildman–Crippen MR) is 110 cm³/mol.